The normalized spacial score (nSPS) is 17.0. The van der Waals surface area contributed by atoms with Gasteiger partial charge in [-0.1, -0.05) is 13.0 Å². The molecule has 3 rings (SSSR count). The van der Waals surface area contributed by atoms with E-state index in [0.717, 1.165) is 12.8 Å². The van der Waals surface area contributed by atoms with E-state index in [2.05, 4.69) is 29.7 Å². The number of hydrogen-bond donors (Lipinski definition) is 1. The predicted octanol–water partition coefficient (Wildman–Crippen LogP) is 3.36. The number of fused-ring (bicyclic) bond motifs is 1. The Bertz CT molecular complexity index is 901. The number of benzene rings is 1. The van der Waals surface area contributed by atoms with Crippen molar-refractivity contribution in [2.24, 2.45) is 0 Å². The highest BCUT2D eigenvalue weighted by Crippen LogP contribution is 2.36. The lowest BCUT2D eigenvalue weighted by Crippen LogP contribution is -2.39. The molecule has 1 atom stereocenters. The van der Waals surface area contributed by atoms with Gasteiger partial charge in [0, 0.05) is 23.5 Å². The number of carbonyl (C=O) groups excluding carboxylic acids is 1. The minimum absolute atomic E-state index is 0.0586. The molecule has 2 aromatic rings. The van der Waals surface area contributed by atoms with E-state index in [-0.39, 0.29) is 23.4 Å². The van der Waals surface area contributed by atoms with Crippen molar-refractivity contribution < 1.29 is 13.2 Å². The molecule has 0 aliphatic carbocycles. The zero-order chi connectivity index (χ0) is 18.7. The van der Waals surface area contributed by atoms with Crippen molar-refractivity contribution in [2.45, 2.75) is 30.7 Å². The Labute approximate surface area is 158 Å². The lowest BCUT2D eigenvalue weighted by molar-refractivity contribution is 0.0657. The second-order valence-corrected chi connectivity index (χ2v) is 8.90. The third-order valence-electron chi connectivity index (χ3n) is 4.57. The Morgan fingerprint density at radius 1 is 1.35 bits per heavy atom. The van der Waals surface area contributed by atoms with Gasteiger partial charge in [-0.25, -0.2) is 13.1 Å². The molecule has 2 heterocycles. The summed E-state index contributed by atoms with van der Waals surface area (Å²) in [6.45, 7) is 6.43. The Morgan fingerprint density at radius 2 is 2.08 bits per heavy atom. The van der Waals surface area contributed by atoms with Crippen LogP contribution in [0.25, 0.3) is 0 Å². The fourth-order valence-electron chi connectivity index (χ4n) is 3.27. The molecule has 1 aromatic carbocycles. The van der Waals surface area contributed by atoms with E-state index in [9.17, 15) is 13.2 Å². The van der Waals surface area contributed by atoms with Crippen LogP contribution in [-0.2, 0) is 16.4 Å². The smallest absolute Gasteiger partial charge is 0.254 e. The van der Waals surface area contributed by atoms with Gasteiger partial charge in [0.15, 0.2) is 0 Å². The first-order valence-electron chi connectivity index (χ1n) is 8.55. The van der Waals surface area contributed by atoms with Crippen LogP contribution in [0.3, 0.4) is 0 Å². The number of rotatable bonds is 6. The molecule has 0 fully saturated rings. The minimum atomic E-state index is -3.58. The third kappa shape index (κ3) is 3.60. The first-order chi connectivity index (χ1) is 12.5. The van der Waals surface area contributed by atoms with Crippen LogP contribution in [0.5, 0.6) is 0 Å². The van der Waals surface area contributed by atoms with Crippen molar-refractivity contribution in [3.63, 3.8) is 0 Å². The molecule has 0 saturated heterocycles. The summed E-state index contributed by atoms with van der Waals surface area (Å²) >= 11 is 1.75. The molecule has 7 heteroatoms. The van der Waals surface area contributed by atoms with Gasteiger partial charge >= 0.3 is 0 Å². The summed E-state index contributed by atoms with van der Waals surface area (Å²) in [5.74, 6) is -0.0586. The topological polar surface area (TPSA) is 66.5 Å². The Morgan fingerprint density at radius 3 is 2.73 bits per heavy atom. The van der Waals surface area contributed by atoms with Crippen LogP contribution in [0.2, 0.25) is 0 Å². The third-order valence-corrected chi connectivity index (χ3v) is 7.01. The lowest BCUT2D eigenvalue weighted by Gasteiger charge is -2.35. The highest BCUT2D eigenvalue weighted by atomic mass is 32.2. The fraction of sp³-hybridized carbons (Fsp3) is 0.316. The zero-order valence-electron chi connectivity index (χ0n) is 14.6. The summed E-state index contributed by atoms with van der Waals surface area (Å²) in [5, 5.41) is 2.08. The van der Waals surface area contributed by atoms with Gasteiger partial charge in [-0.05, 0) is 54.1 Å². The first-order valence-corrected chi connectivity index (χ1v) is 10.9. The second-order valence-electron chi connectivity index (χ2n) is 6.14. The summed E-state index contributed by atoms with van der Waals surface area (Å²) in [7, 11) is -3.58. The summed E-state index contributed by atoms with van der Waals surface area (Å²) in [6, 6.07) is 8.30. The Kier molecular flexibility index (Phi) is 5.60. The largest absolute Gasteiger partial charge is 0.331 e. The molecule has 0 bridgehead atoms. The highest BCUT2D eigenvalue weighted by molar-refractivity contribution is 7.89. The zero-order valence-corrected chi connectivity index (χ0v) is 16.3. The van der Waals surface area contributed by atoms with E-state index in [4.69, 9.17) is 0 Å². The molecular formula is C19H22N2O3S2. The number of nitrogens with zero attached hydrogens (tertiary/aromatic N) is 1. The fourth-order valence-corrected chi connectivity index (χ4v) is 5.20. The van der Waals surface area contributed by atoms with E-state index >= 15 is 0 Å². The van der Waals surface area contributed by atoms with Gasteiger partial charge in [0.2, 0.25) is 10.0 Å². The number of carbonyl (C=O) groups is 1. The van der Waals surface area contributed by atoms with Crippen LogP contribution in [0, 0.1) is 0 Å². The standard InChI is InChI=1S/C19H22N2O3S2/c1-3-11-20-26(23,24)15-7-5-14(6-8-15)19(22)21-12-9-18-16(10-13-25-18)17(21)4-2/h3,5-8,10,13,17,20H,1,4,9,11-12H2,2H3. The van der Waals surface area contributed by atoms with Crippen LogP contribution in [0.15, 0.2) is 53.3 Å². The second kappa shape index (κ2) is 7.73. The van der Waals surface area contributed by atoms with Crippen molar-refractivity contribution in [3.05, 3.63) is 64.4 Å². The molecule has 1 amide bonds. The molecule has 1 unspecified atom stereocenters. The maximum Gasteiger partial charge on any atom is 0.254 e. The maximum absolute atomic E-state index is 13.0. The van der Waals surface area contributed by atoms with E-state index in [1.54, 1.807) is 23.5 Å². The van der Waals surface area contributed by atoms with E-state index in [1.807, 2.05) is 4.90 Å². The van der Waals surface area contributed by atoms with E-state index in [0.29, 0.717) is 12.1 Å². The first kappa shape index (κ1) is 18.8. The average Bonchev–Trinajstić information content (AvgIpc) is 3.14. The molecular weight excluding hydrogens is 368 g/mol. The van der Waals surface area contributed by atoms with Gasteiger partial charge < -0.3 is 4.90 Å². The molecule has 138 valence electrons. The Hall–Kier alpha value is -1.96. The van der Waals surface area contributed by atoms with Gasteiger partial charge in [-0.3, -0.25) is 4.79 Å². The SMILES string of the molecule is C=CCNS(=O)(=O)c1ccc(C(=O)N2CCc3sccc3C2CC)cc1. The minimum Gasteiger partial charge on any atom is -0.331 e. The summed E-state index contributed by atoms with van der Waals surface area (Å²) in [4.78, 5) is 16.4. The van der Waals surface area contributed by atoms with Gasteiger partial charge in [-0.2, -0.15) is 0 Å². The average molecular weight is 391 g/mol. The van der Waals surface area contributed by atoms with Gasteiger partial charge in [0.1, 0.15) is 0 Å². The lowest BCUT2D eigenvalue weighted by atomic mass is 9.97. The van der Waals surface area contributed by atoms with E-state index < -0.39 is 10.0 Å². The van der Waals surface area contributed by atoms with Crippen LogP contribution < -0.4 is 4.72 Å². The van der Waals surface area contributed by atoms with E-state index in [1.165, 1.54) is 28.6 Å². The number of amides is 1. The molecule has 0 saturated carbocycles. The highest BCUT2D eigenvalue weighted by Gasteiger charge is 2.31. The number of nitrogens with one attached hydrogen (secondary N) is 1. The quantitative estimate of drug-likeness (QED) is 0.769. The van der Waals surface area contributed by atoms with Gasteiger partial charge in [0.05, 0.1) is 10.9 Å². The molecule has 1 aliphatic heterocycles. The van der Waals surface area contributed by atoms with Crippen molar-refractivity contribution >= 4 is 27.3 Å². The molecule has 1 aromatic heterocycles. The maximum atomic E-state index is 13.0. The predicted molar refractivity (Wildman–Crippen MR) is 104 cm³/mol. The van der Waals surface area contributed by atoms with Crippen LogP contribution in [0.4, 0.5) is 0 Å². The number of hydrogen-bond acceptors (Lipinski definition) is 4. The molecule has 26 heavy (non-hydrogen) atoms. The van der Waals surface area contributed by atoms with Crippen LogP contribution in [-0.4, -0.2) is 32.3 Å². The van der Waals surface area contributed by atoms with Crippen LogP contribution in [0.1, 0.15) is 40.2 Å². The molecule has 1 aliphatic rings. The van der Waals surface area contributed by atoms with Crippen molar-refractivity contribution in [2.75, 3.05) is 13.1 Å². The van der Waals surface area contributed by atoms with Crippen molar-refractivity contribution in [1.29, 1.82) is 0 Å². The molecule has 0 radical (unpaired) electrons. The summed E-state index contributed by atoms with van der Waals surface area (Å²) < 4.78 is 26.7. The number of thiophene rings is 1. The molecule has 1 N–H and O–H groups in total. The summed E-state index contributed by atoms with van der Waals surface area (Å²) in [6.07, 6.45) is 3.20. The van der Waals surface area contributed by atoms with Crippen LogP contribution >= 0.6 is 11.3 Å². The van der Waals surface area contributed by atoms with Crippen molar-refractivity contribution in [3.8, 4) is 0 Å². The van der Waals surface area contributed by atoms with Gasteiger partial charge in [-0.15, -0.1) is 17.9 Å². The molecule has 0 spiro atoms. The van der Waals surface area contributed by atoms with Gasteiger partial charge in [0.25, 0.3) is 5.91 Å². The summed E-state index contributed by atoms with van der Waals surface area (Å²) in [5.41, 5.74) is 1.75. The monoisotopic (exact) mass is 390 g/mol. The molecule has 5 nitrogen and oxygen atoms in total. The Balaban J connectivity index is 1.81. The van der Waals surface area contributed by atoms with Crippen molar-refractivity contribution in [1.82, 2.24) is 9.62 Å². The number of sulfonamides is 1.